The van der Waals surface area contributed by atoms with Gasteiger partial charge < -0.3 is 11.5 Å². The van der Waals surface area contributed by atoms with E-state index in [9.17, 15) is 8.42 Å². The number of nitrogens with two attached hydrogens (primary N) is 2. The van der Waals surface area contributed by atoms with Crippen molar-refractivity contribution in [2.75, 3.05) is 17.2 Å². The van der Waals surface area contributed by atoms with Crippen molar-refractivity contribution in [3.8, 4) is 11.3 Å². The number of hydrogen-bond donors (Lipinski definition) is 2. The van der Waals surface area contributed by atoms with E-state index in [1.54, 1.807) is 31.2 Å². The molecule has 18 heavy (non-hydrogen) atoms. The third-order valence-electron chi connectivity index (χ3n) is 2.44. The van der Waals surface area contributed by atoms with Crippen molar-refractivity contribution in [2.45, 2.75) is 11.1 Å². The molecule has 0 spiro atoms. The highest BCUT2D eigenvalue weighted by Gasteiger charge is 2.22. The molecule has 0 unspecified atom stereocenters. The molecule has 0 radical (unpaired) electrons. The Balaban J connectivity index is 2.66. The lowest BCUT2D eigenvalue weighted by Crippen LogP contribution is -2.03. The Hall–Kier alpha value is -1.60. The Labute approximate surface area is 109 Å². The van der Waals surface area contributed by atoms with Gasteiger partial charge in [-0.1, -0.05) is 30.4 Å². The molecule has 1 heterocycles. The molecular formula is C11H13N3O2S2. The standard InChI is InChI=1S/C11H13N3O2S2/c1-2-18(15,16)10-9(14-11(13)17-10)7-4-3-5-8(12)6-7/h3-6H,2,12H2,1H3,(H2,13,14). The molecule has 0 saturated heterocycles. The van der Waals surface area contributed by atoms with E-state index in [1.165, 1.54) is 0 Å². The molecule has 96 valence electrons. The lowest BCUT2D eigenvalue weighted by Gasteiger charge is -2.03. The number of nitrogens with zero attached hydrogens (tertiary/aromatic N) is 1. The van der Waals surface area contributed by atoms with E-state index in [4.69, 9.17) is 11.5 Å². The van der Waals surface area contributed by atoms with Gasteiger partial charge in [0.25, 0.3) is 0 Å². The van der Waals surface area contributed by atoms with Gasteiger partial charge in [-0.2, -0.15) is 0 Å². The second-order valence-corrected chi connectivity index (χ2v) is 7.22. The molecule has 0 atom stereocenters. The quantitative estimate of drug-likeness (QED) is 0.836. The topological polar surface area (TPSA) is 99.1 Å². The van der Waals surface area contributed by atoms with Gasteiger partial charge in [0.15, 0.2) is 15.0 Å². The maximum absolute atomic E-state index is 12.0. The minimum absolute atomic E-state index is 0.0178. The molecule has 0 aliphatic heterocycles. The van der Waals surface area contributed by atoms with Crippen LogP contribution in [0.2, 0.25) is 0 Å². The summed E-state index contributed by atoms with van der Waals surface area (Å²) >= 11 is 0.984. The largest absolute Gasteiger partial charge is 0.399 e. The summed E-state index contributed by atoms with van der Waals surface area (Å²) in [6, 6.07) is 6.93. The SMILES string of the molecule is CCS(=O)(=O)c1sc(N)nc1-c1cccc(N)c1. The van der Waals surface area contributed by atoms with Gasteiger partial charge in [0, 0.05) is 11.3 Å². The van der Waals surface area contributed by atoms with Gasteiger partial charge >= 0.3 is 0 Å². The van der Waals surface area contributed by atoms with E-state index in [1.807, 2.05) is 0 Å². The summed E-state index contributed by atoms with van der Waals surface area (Å²) in [6.45, 7) is 1.59. The fourth-order valence-electron chi connectivity index (χ4n) is 1.53. The van der Waals surface area contributed by atoms with Crippen LogP contribution >= 0.6 is 11.3 Å². The minimum atomic E-state index is -3.33. The molecule has 5 nitrogen and oxygen atoms in total. The molecule has 2 rings (SSSR count). The van der Waals surface area contributed by atoms with Crippen molar-refractivity contribution in [3.63, 3.8) is 0 Å². The molecular weight excluding hydrogens is 270 g/mol. The number of nitrogen functional groups attached to an aromatic ring is 2. The second-order valence-electron chi connectivity index (χ2n) is 3.72. The summed E-state index contributed by atoms with van der Waals surface area (Å²) in [4.78, 5) is 4.10. The Morgan fingerprint density at radius 2 is 2.06 bits per heavy atom. The van der Waals surface area contributed by atoms with Gasteiger partial charge in [-0.25, -0.2) is 13.4 Å². The van der Waals surface area contributed by atoms with Gasteiger partial charge in [-0.15, -0.1) is 0 Å². The first-order chi connectivity index (χ1) is 8.44. The van der Waals surface area contributed by atoms with E-state index in [-0.39, 0.29) is 15.1 Å². The van der Waals surface area contributed by atoms with Crippen LogP contribution < -0.4 is 11.5 Å². The van der Waals surface area contributed by atoms with Crippen molar-refractivity contribution in [2.24, 2.45) is 0 Å². The van der Waals surface area contributed by atoms with E-state index < -0.39 is 9.84 Å². The molecule has 0 bridgehead atoms. The Bertz CT molecular complexity index is 677. The molecule has 1 aromatic heterocycles. The normalized spacial score (nSPS) is 11.6. The zero-order chi connectivity index (χ0) is 13.3. The summed E-state index contributed by atoms with van der Waals surface area (Å²) in [7, 11) is -3.33. The summed E-state index contributed by atoms with van der Waals surface area (Å²) in [6.07, 6.45) is 0. The molecule has 0 aliphatic carbocycles. The van der Waals surface area contributed by atoms with Gasteiger partial charge in [-0.3, -0.25) is 0 Å². The van der Waals surface area contributed by atoms with E-state index in [0.29, 0.717) is 16.9 Å². The molecule has 0 fully saturated rings. The fourth-order valence-corrected chi connectivity index (χ4v) is 3.96. The molecule has 1 aromatic carbocycles. The monoisotopic (exact) mass is 283 g/mol. The lowest BCUT2D eigenvalue weighted by molar-refractivity contribution is 0.599. The number of aromatic nitrogens is 1. The number of sulfone groups is 1. The summed E-state index contributed by atoms with van der Waals surface area (Å²) in [5, 5.41) is 0.236. The van der Waals surface area contributed by atoms with Crippen LogP contribution in [0.1, 0.15) is 6.92 Å². The maximum atomic E-state index is 12.0. The zero-order valence-electron chi connectivity index (χ0n) is 9.75. The molecule has 0 amide bonds. The highest BCUT2D eigenvalue weighted by atomic mass is 32.2. The smallest absolute Gasteiger partial charge is 0.189 e. The number of anilines is 2. The summed E-state index contributed by atoms with van der Waals surface area (Å²) in [5.41, 5.74) is 12.9. The second kappa shape index (κ2) is 4.58. The summed E-state index contributed by atoms with van der Waals surface area (Å²) in [5.74, 6) is 0.0178. The molecule has 0 saturated carbocycles. The first kappa shape index (κ1) is 12.8. The molecule has 0 aliphatic rings. The van der Waals surface area contributed by atoms with Crippen LogP contribution in [-0.2, 0) is 9.84 Å². The average Bonchev–Trinajstić information content (AvgIpc) is 2.72. The highest BCUT2D eigenvalue weighted by Crippen LogP contribution is 2.34. The number of benzene rings is 1. The van der Waals surface area contributed by atoms with Gasteiger partial charge in [0.2, 0.25) is 0 Å². The Morgan fingerprint density at radius 3 is 2.67 bits per heavy atom. The third kappa shape index (κ3) is 2.32. The van der Waals surface area contributed by atoms with Crippen molar-refractivity contribution < 1.29 is 8.42 Å². The van der Waals surface area contributed by atoms with Gasteiger partial charge in [-0.05, 0) is 12.1 Å². The highest BCUT2D eigenvalue weighted by molar-refractivity contribution is 7.93. The van der Waals surface area contributed by atoms with Crippen LogP contribution in [0.3, 0.4) is 0 Å². The number of hydrogen-bond acceptors (Lipinski definition) is 6. The van der Waals surface area contributed by atoms with E-state index in [2.05, 4.69) is 4.98 Å². The third-order valence-corrected chi connectivity index (χ3v) is 5.64. The van der Waals surface area contributed by atoms with Crippen LogP contribution in [0.25, 0.3) is 11.3 Å². The fraction of sp³-hybridized carbons (Fsp3) is 0.182. The minimum Gasteiger partial charge on any atom is -0.399 e. The molecule has 4 N–H and O–H groups in total. The Morgan fingerprint density at radius 1 is 1.33 bits per heavy atom. The van der Waals surface area contributed by atoms with Crippen LogP contribution in [0.4, 0.5) is 10.8 Å². The molecule has 2 aromatic rings. The lowest BCUT2D eigenvalue weighted by atomic mass is 10.1. The van der Waals surface area contributed by atoms with Crippen LogP contribution in [0.5, 0.6) is 0 Å². The van der Waals surface area contributed by atoms with Gasteiger partial charge in [0.1, 0.15) is 9.90 Å². The van der Waals surface area contributed by atoms with Crippen molar-refractivity contribution in [3.05, 3.63) is 24.3 Å². The van der Waals surface area contributed by atoms with Crippen molar-refractivity contribution in [1.29, 1.82) is 0 Å². The molecule has 7 heteroatoms. The van der Waals surface area contributed by atoms with E-state index in [0.717, 1.165) is 11.3 Å². The number of thiazole rings is 1. The first-order valence-corrected chi connectivity index (χ1v) is 7.76. The van der Waals surface area contributed by atoms with Crippen molar-refractivity contribution >= 4 is 32.0 Å². The first-order valence-electron chi connectivity index (χ1n) is 5.29. The van der Waals surface area contributed by atoms with Crippen LogP contribution in [-0.4, -0.2) is 19.2 Å². The van der Waals surface area contributed by atoms with Crippen LogP contribution in [0, 0.1) is 0 Å². The van der Waals surface area contributed by atoms with Crippen molar-refractivity contribution in [1.82, 2.24) is 4.98 Å². The average molecular weight is 283 g/mol. The number of rotatable bonds is 3. The summed E-state index contributed by atoms with van der Waals surface area (Å²) < 4.78 is 24.2. The Kier molecular flexibility index (Phi) is 3.27. The zero-order valence-corrected chi connectivity index (χ0v) is 11.4. The predicted molar refractivity (Wildman–Crippen MR) is 74.1 cm³/mol. The van der Waals surface area contributed by atoms with Crippen LogP contribution in [0.15, 0.2) is 28.5 Å². The maximum Gasteiger partial charge on any atom is 0.189 e. The van der Waals surface area contributed by atoms with Gasteiger partial charge in [0.05, 0.1) is 5.75 Å². The van der Waals surface area contributed by atoms with E-state index >= 15 is 0 Å². The predicted octanol–water partition coefficient (Wildman–Crippen LogP) is 1.77.